The van der Waals surface area contributed by atoms with Gasteiger partial charge in [0.1, 0.15) is 29.3 Å². The number of carbonyl (C=O) groups is 4. The van der Waals surface area contributed by atoms with Crippen LogP contribution in [0.4, 0.5) is 5.13 Å². The van der Waals surface area contributed by atoms with Crippen molar-refractivity contribution >= 4 is 57.7 Å². The molecule has 0 aromatic carbocycles. The van der Waals surface area contributed by atoms with E-state index < -0.39 is 58.2 Å². The minimum absolute atomic E-state index is 0.0568. The number of thioether (sulfide) groups is 1. The monoisotopic (exact) mass is 581 g/mol. The lowest BCUT2D eigenvalue weighted by molar-refractivity contribution is -0.180. The highest BCUT2D eigenvalue weighted by Gasteiger charge is 2.64. The molecule has 1 aliphatic carbocycles. The fraction of sp³-hybridized carbons (Fsp3) is 0.680. The summed E-state index contributed by atoms with van der Waals surface area (Å²) in [6.45, 7) is 8.15. The van der Waals surface area contributed by atoms with Crippen LogP contribution in [0, 0.1) is 5.41 Å². The molecule has 3 fully saturated rings. The number of aromatic nitrogens is 1. The molecule has 2 saturated heterocycles. The summed E-state index contributed by atoms with van der Waals surface area (Å²) >= 11 is 2.54. The van der Waals surface area contributed by atoms with Crippen molar-refractivity contribution in [2.24, 2.45) is 10.6 Å². The van der Waals surface area contributed by atoms with Crippen molar-refractivity contribution in [2.45, 2.75) is 95.0 Å². The number of ether oxygens (including phenoxy) is 2. The van der Waals surface area contributed by atoms with Crippen LogP contribution in [0.1, 0.15) is 72.4 Å². The molecule has 0 bridgehead atoms. The number of β-lactam (4-membered cyclic amide) rings is 1. The molecule has 3 heterocycles. The van der Waals surface area contributed by atoms with Gasteiger partial charge in [-0.15, -0.1) is 23.1 Å². The maximum absolute atomic E-state index is 13.3. The summed E-state index contributed by atoms with van der Waals surface area (Å²) in [5, 5.41) is 8.27. The van der Waals surface area contributed by atoms with Gasteiger partial charge in [0.05, 0.1) is 5.41 Å². The average Bonchev–Trinajstić information content (AvgIpc) is 3.40. The van der Waals surface area contributed by atoms with Gasteiger partial charge in [-0.1, -0.05) is 11.6 Å². The van der Waals surface area contributed by atoms with Gasteiger partial charge in [-0.25, -0.2) is 9.78 Å². The summed E-state index contributed by atoms with van der Waals surface area (Å²) in [7, 11) is 0. The SMILES string of the molecule is CC(C)(C)C(=O)OCOC(=O)[C@@H]1N2C(=O)[C@H](NC(=O)/C(=N\OC3CCCCC3)c3csc(N)n3)[C@H]2SC1(C)C. The van der Waals surface area contributed by atoms with Gasteiger partial charge in [-0.3, -0.25) is 14.4 Å². The van der Waals surface area contributed by atoms with Crippen LogP contribution in [-0.4, -0.2) is 74.5 Å². The summed E-state index contributed by atoms with van der Waals surface area (Å²) in [5.41, 5.74) is 5.24. The van der Waals surface area contributed by atoms with E-state index in [-0.39, 0.29) is 22.6 Å². The zero-order valence-corrected chi connectivity index (χ0v) is 24.4. The Labute approximate surface area is 235 Å². The predicted octanol–water partition coefficient (Wildman–Crippen LogP) is 2.42. The number of thiazole rings is 1. The highest BCUT2D eigenvalue weighted by Crippen LogP contribution is 2.51. The Morgan fingerprint density at radius 3 is 2.51 bits per heavy atom. The smallest absolute Gasteiger partial charge is 0.333 e. The number of oxime groups is 1. The quantitative estimate of drug-likeness (QED) is 0.153. The predicted molar refractivity (Wildman–Crippen MR) is 146 cm³/mol. The second-order valence-electron chi connectivity index (χ2n) is 11.4. The van der Waals surface area contributed by atoms with Gasteiger partial charge >= 0.3 is 11.9 Å². The van der Waals surface area contributed by atoms with Crippen LogP contribution in [0.25, 0.3) is 0 Å². The third kappa shape index (κ3) is 6.32. The van der Waals surface area contributed by atoms with Gasteiger partial charge in [-0.2, -0.15) is 0 Å². The highest BCUT2D eigenvalue weighted by molar-refractivity contribution is 8.01. The number of nitrogen functional groups attached to an aromatic ring is 1. The molecule has 1 aromatic rings. The summed E-state index contributed by atoms with van der Waals surface area (Å²) in [6.07, 6.45) is 4.85. The number of fused-ring (bicyclic) bond motifs is 1. The van der Waals surface area contributed by atoms with Gasteiger partial charge in [0.25, 0.3) is 5.91 Å². The molecule has 0 spiro atoms. The molecule has 39 heavy (non-hydrogen) atoms. The van der Waals surface area contributed by atoms with Crippen molar-refractivity contribution in [1.29, 1.82) is 0 Å². The lowest BCUT2D eigenvalue weighted by atomic mass is 9.96. The van der Waals surface area contributed by atoms with E-state index in [4.69, 9.17) is 20.0 Å². The number of nitrogens with one attached hydrogen (secondary N) is 1. The van der Waals surface area contributed by atoms with E-state index in [9.17, 15) is 19.2 Å². The van der Waals surface area contributed by atoms with Crippen LogP contribution in [0.3, 0.4) is 0 Å². The van der Waals surface area contributed by atoms with Crippen molar-refractivity contribution in [3.8, 4) is 0 Å². The van der Waals surface area contributed by atoms with Crippen LogP contribution in [0.5, 0.6) is 0 Å². The number of rotatable bonds is 8. The minimum atomic E-state index is -0.914. The van der Waals surface area contributed by atoms with E-state index >= 15 is 0 Å². The first-order valence-corrected chi connectivity index (χ1v) is 14.7. The molecule has 2 aliphatic heterocycles. The largest absolute Gasteiger partial charge is 0.427 e. The van der Waals surface area contributed by atoms with E-state index in [0.717, 1.165) is 32.1 Å². The second kappa shape index (κ2) is 11.3. The van der Waals surface area contributed by atoms with Crippen molar-refractivity contribution in [2.75, 3.05) is 12.5 Å². The molecular weight excluding hydrogens is 546 g/mol. The number of nitrogens with two attached hydrogens (primary N) is 1. The van der Waals surface area contributed by atoms with Crippen molar-refractivity contribution in [3.63, 3.8) is 0 Å². The molecule has 214 valence electrons. The van der Waals surface area contributed by atoms with Gasteiger partial charge in [0.2, 0.25) is 12.7 Å². The number of hydrogen-bond acceptors (Lipinski definition) is 12. The van der Waals surface area contributed by atoms with Crippen LogP contribution in [-0.2, 0) is 33.5 Å². The third-order valence-corrected chi connectivity index (χ3v) is 9.02. The molecular formula is C25H35N5O7S2. The summed E-state index contributed by atoms with van der Waals surface area (Å²) in [5.74, 6) is -2.24. The van der Waals surface area contributed by atoms with Crippen LogP contribution >= 0.6 is 23.1 Å². The molecule has 3 N–H and O–H groups in total. The molecule has 2 amide bonds. The first-order valence-electron chi connectivity index (χ1n) is 12.9. The minimum Gasteiger partial charge on any atom is -0.427 e. The lowest BCUT2D eigenvalue weighted by Gasteiger charge is -2.43. The number of carbonyl (C=O) groups excluding carboxylic acids is 4. The highest BCUT2D eigenvalue weighted by atomic mass is 32.2. The maximum Gasteiger partial charge on any atom is 0.333 e. The zero-order valence-electron chi connectivity index (χ0n) is 22.7. The molecule has 1 aromatic heterocycles. The zero-order chi connectivity index (χ0) is 28.5. The normalized spacial score (nSPS) is 24.9. The van der Waals surface area contributed by atoms with Crippen LogP contribution in [0.2, 0.25) is 0 Å². The van der Waals surface area contributed by atoms with Crippen LogP contribution in [0.15, 0.2) is 10.5 Å². The van der Waals surface area contributed by atoms with E-state index in [1.54, 1.807) is 26.2 Å². The first kappa shape index (κ1) is 29.1. The topological polar surface area (TPSA) is 163 Å². The van der Waals surface area contributed by atoms with E-state index in [1.807, 2.05) is 13.8 Å². The van der Waals surface area contributed by atoms with E-state index in [1.165, 1.54) is 28.0 Å². The maximum atomic E-state index is 13.3. The lowest BCUT2D eigenvalue weighted by Crippen LogP contribution is -2.71. The van der Waals surface area contributed by atoms with Crippen molar-refractivity contribution in [1.82, 2.24) is 15.2 Å². The summed E-state index contributed by atoms with van der Waals surface area (Å²) < 4.78 is 9.52. The van der Waals surface area contributed by atoms with Gasteiger partial charge in [0.15, 0.2) is 10.8 Å². The number of anilines is 1. The molecule has 12 nitrogen and oxygen atoms in total. The molecule has 14 heteroatoms. The number of nitrogens with zero attached hydrogens (tertiary/aromatic N) is 3. The Morgan fingerprint density at radius 1 is 1.21 bits per heavy atom. The second-order valence-corrected chi connectivity index (χ2v) is 14.0. The van der Waals surface area contributed by atoms with E-state index in [2.05, 4.69) is 15.5 Å². The van der Waals surface area contributed by atoms with Gasteiger partial charge in [0, 0.05) is 10.1 Å². The number of amides is 2. The Kier molecular flexibility index (Phi) is 8.45. The number of esters is 2. The van der Waals surface area contributed by atoms with Crippen LogP contribution < -0.4 is 11.1 Å². The fourth-order valence-electron chi connectivity index (χ4n) is 4.67. The molecule has 0 radical (unpaired) electrons. The molecule has 3 atom stereocenters. The van der Waals surface area contributed by atoms with Gasteiger partial charge < -0.3 is 30.3 Å². The molecule has 4 rings (SSSR count). The number of hydrogen-bond donors (Lipinski definition) is 2. The Morgan fingerprint density at radius 2 is 1.90 bits per heavy atom. The van der Waals surface area contributed by atoms with Crippen molar-refractivity contribution < 1.29 is 33.5 Å². The molecule has 1 saturated carbocycles. The average molecular weight is 582 g/mol. The molecule has 0 unspecified atom stereocenters. The standard InChI is InChI=1S/C25H35N5O7S2/c1-24(2,3)22(34)36-12-35-21(33)17-25(4,5)39-20-16(19(32)30(17)20)28-18(31)15(14-11-38-23(26)27-14)29-37-13-9-7-6-8-10-13/h11,13,16-17,20H,6-10,12H2,1-5H3,(H2,26,27)(H,28,31)/b29-15-/t16-,17-,20+/m0/s1. The summed E-state index contributed by atoms with van der Waals surface area (Å²) in [4.78, 5) is 62.6. The Hall–Kier alpha value is -2.87. The first-order chi connectivity index (χ1) is 18.3. The Bertz CT molecular complexity index is 1160. The summed E-state index contributed by atoms with van der Waals surface area (Å²) in [6, 6.07) is -1.79. The van der Waals surface area contributed by atoms with E-state index in [0.29, 0.717) is 0 Å². The molecule has 3 aliphatic rings. The van der Waals surface area contributed by atoms with Gasteiger partial charge in [-0.05, 0) is 60.3 Å². The fourth-order valence-corrected chi connectivity index (χ4v) is 6.84. The Balaban J connectivity index is 1.42. The van der Waals surface area contributed by atoms with Crippen molar-refractivity contribution in [3.05, 3.63) is 11.1 Å². The third-order valence-electron chi connectivity index (χ3n) is 6.78.